The molecule has 1 rings (SSSR count). The molecule has 0 saturated carbocycles. The van der Waals surface area contributed by atoms with Gasteiger partial charge in [-0.1, -0.05) is 5.16 Å². The van der Waals surface area contributed by atoms with Crippen LogP contribution in [0.15, 0.2) is 23.5 Å². The quantitative estimate of drug-likeness (QED) is 0.493. The van der Waals surface area contributed by atoms with Gasteiger partial charge in [0, 0.05) is 6.20 Å². The fourth-order valence-corrected chi connectivity index (χ4v) is 0.918. The van der Waals surface area contributed by atoms with Crippen molar-refractivity contribution in [3.05, 3.63) is 29.6 Å². The van der Waals surface area contributed by atoms with Crippen LogP contribution >= 0.6 is 0 Å². The molecule has 0 unspecified atom stereocenters. The standard InChI is InChI=1S/C9H12N2O/c1-7-4-5-10-9(6-7)8(2)11-12-3/h4-6H,1-3H3/b11-8-. The van der Waals surface area contributed by atoms with Gasteiger partial charge < -0.3 is 4.84 Å². The summed E-state index contributed by atoms with van der Waals surface area (Å²) in [6, 6.07) is 3.92. The van der Waals surface area contributed by atoms with Gasteiger partial charge in [-0.15, -0.1) is 0 Å². The van der Waals surface area contributed by atoms with Gasteiger partial charge in [-0.2, -0.15) is 0 Å². The molecule has 0 saturated heterocycles. The summed E-state index contributed by atoms with van der Waals surface area (Å²) in [5.74, 6) is 0. The molecular formula is C9H12N2O. The van der Waals surface area contributed by atoms with Crippen LogP contribution in [0.4, 0.5) is 0 Å². The second-order valence-electron chi connectivity index (χ2n) is 2.58. The molecule has 0 aliphatic rings. The molecule has 3 nitrogen and oxygen atoms in total. The molecule has 1 aromatic heterocycles. The summed E-state index contributed by atoms with van der Waals surface area (Å²) in [5, 5.41) is 3.79. The van der Waals surface area contributed by atoms with E-state index in [-0.39, 0.29) is 0 Å². The van der Waals surface area contributed by atoms with Crippen molar-refractivity contribution in [2.24, 2.45) is 5.16 Å². The predicted molar refractivity (Wildman–Crippen MR) is 48.2 cm³/mol. The normalized spacial score (nSPS) is 11.4. The first-order chi connectivity index (χ1) is 5.74. The van der Waals surface area contributed by atoms with Gasteiger partial charge in [-0.3, -0.25) is 4.98 Å². The van der Waals surface area contributed by atoms with Crippen LogP contribution in [0.3, 0.4) is 0 Å². The third-order valence-electron chi connectivity index (χ3n) is 1.51. The van der Waals surface area contributed by atoms with E-state index in [9.17, 15) is 0 Å². The molecule has 3 heteroatoms. The Morgan fingerprint density at radius 1 is 1.58 bits per heavy atom. The number of nitrogens with zero attached hydrogens (tertiary/aromatic N) is 2. The third kappa shape index (κ3) is 2.05. The molecule has 0 spiro atoms. The number of hydrogen-bond acceptors (Lipinski definition) is 3. The molecule has 0 aliphatic carbocycles. The molecule has 0 bridgehead atoms. The molecule has 0 amide bonds. The van der Waals surface area contributed by atoms with E-state index in [1.807, 2.05) is 26.0 Å². The Morgan fingerprint density at radius 3 is 2.92 bits per heavy atom. The van der Waals surface area contributed by atoms with Crippen molar-refractivity contribution in [2.45, 2.75) is 13.8 Å². The first-order valence-electron chi connectivity index (χ1n) is 3.75. The van der Waals surface area contributed by atoms with Crippen LogP contribution in [0, 0.1) is 6.92 Å². The van der Waals surface area contributed by atoms with Gasteiger partial charge in [-0.05, 0) is 31.5 Å². The van der Waals surface area contributed by atoms with E-state index in [0.29, 0.717) is 0 Å². The Balaban J connectivity index is 2.95. The van der Waals surface area contributed by atoms with Gasteiger partial charge in [0.1, 0.15) is 12.8 Å². The Hall–Kier alpha value is -1.38. The molecule has 0 aliphatic heterocycles. The van der Waals surface area contributed by atoms with Crippen LogP contribution in [0.25, 0.3) is 0 Å². The average molecular weight is 164 g/mol. The largest absolute Gasteiger partial charge is 0.399 e. The van der Waals surface area contributed by atoms with Crippen molar-refractivity contribution < 1.29 is 4.84 Å². The van der Waals surface area contributed by atoms with E-state index in [2.05, 4.69) is 15.0 Å². The summed E-state index contributed by atoms with van der Waals surface area (Å²) in [4.78, 5) is 8.79. The van der Waals surface area contributed by atoms with E-state index in [0.717, 1.165) is 11.4 Å². The number of hydrogen-bond donors (Lipinski definition) is 0. The summed E-state index contributed by atoms with van der Waals surface area (Å²) in [6.45, 7) is 3.89. The zero-order chi connectivity index (χ0) is 8.97. The minimum atomic E-state index is 0.793. The van der Waals surface area contributed by atoms with Crippen LogP contribution in [0.2, 0.25) is 0 Å². The molecule has 0 aromatic carbocycles. The Labute approximate surface area is 72.1 Å². The first kappa shape index (κ1) is 8.71. The molecule has 1 heterocycles. The highest BCUT2D eigenvalue weighted by atomic mass is 16.6. The van der Waals surface area contributed by atoms with Crippen LogP contribution in [0.1, 0.15) is 18.2 Å². The van der Waals surface area contributed by atoms with E-state index in [1.54, 1.807) is 6.20 Å². The number of rotatable bonds is 2. The highest BCUT2D eigenvalue weighted by Crippen LogP contribution is 2.01. The van der Waals surface area contributed by atoms with Gasteiger partial charge in [-0.25, -0.2) is 0 Å². The van der Waals surface area contributed by atoms with Crippen molar-refractivity contribution in [1.82, 2.24) is 4.98 Å². The fourth-order valence-electron chi connectivity index (χ4n) is 0.918. The second kappa shape index (κ2) is 3.85. The molecule has 0 fully saturated rings. The van der Waals surface area contributed by atoms with Crippen LogP contribution in [-0.2, 0) is 4.84 Å². The number of aromatic nitrogens is 1. The maximum absolute atomic E-state index is 4.65. The zero-order valence-corrected chi connectivity index (χ0v) is 7.53. The fraction of sp³-hybridized carbons (Fsp3) is 0.333. The van der Waals surface area contributed by atoms with E-state index in [4.69, 9.17) is 0 Å². The van der Waals surface area contributed by atoms with Gasteiger partial charge in [0.25, 0.3) is 0 Å². The topological polar surface area (TPSA) is 34.5 Å². The van der Waals surface area contributed by atoms with Crippen molar-refractivity contribution in [3.63, 3.8) is 0 Å². The lowest BCUT2D eigenvalue weighted by atomic mass is 10.2. The zero-order valence-electron chi connectivity index (χ0n) is 7.53. The van der Waals surface area contributed by atoms with Gasteiger partial charge in [0.05, 0.1) is 5.69 Å². The highest BCUT2D eigenvalue weighted by Gasteiger charge is 1.98. The minimum absolute atomic E-state index is 0.793. The summed E-state index contributed by atoms with van der Waals surface area (Å²) in [7, 11) is 1.53. The van der Waals surface area contributed by atoms with Crippen molar-refractivity contribution in [2.75, 3.05) is 7.11 Å². The van der Waals surface area contributed by atoms with Crippen LogP contribution < -0.4 is 0 Å². The average Bonchev–Trinajstić information content (AvgIpc) is 2.05. The van der Waals surface area contributed by atoms with E-state index >= 15 is 0 Å². The molecule has 0 atom stereocenters. The summed E-state index contributed by atoms with van der Waals surface area (Å²) >= 11 is 0. The minimum Gasteiger partial charge on any atom is -0.399 e. The van der Waals surface area contributed by atoms with Crippen LogP contribution in [0.5, 0.6) is 0 Å². The smallest absolute Gasteiger partial charge is 0.106 e. The molecule has 64 valence electrons. The number of oxime groups is 1. The summed E-state index contributed by atoms with van der Waals surface area (Å²) in [5.41, 5.74) is 2.82. The summed E-state index contributed by atoms with van der Waals surface area (Å²) in [6.07, 6.45) is 1.76. The Morgan fingerprint density at radius 2 is 2.33 bits per heavy atom. The highest BCUT2D eigenvalue weighted by molar-refractivity contribution is 5.96. The molecule has 1 aromatic rings. The van der Waals surface area contributed by atoms with Crippen molar-refractivity contribution >= 4 is 5.71 Å². The van der Waals surface area contributed by atoms with E-state index in [1.165, 1.54) is 12.7 Å². The predicted octanol–water partition coefficient (Wildman–Crippen LogP) is 1.76. The SMILES string of the molecule is CO/N=C(/C)c1cc(C)ccn1. The van der Waals surface area contributed by atoms with Crippen molar-refractivity contribution in [1.29, 1.82) is 0 Å². The monoisotopic (exact) mass is 164 g/mol. The maximum Gasteiger partial charge on any atom is 0.106 e. The molecular weight excluding hydrogens is 152 g/mol. The molecule has 12 heavy (non-hydrogen) atoms. The van der Waals surface area contributed by atoms with Crippen LogP contribution in [-0.4, -0.2) is 17.8 Å². The van der Waals surface area contributed by atoms with Gasteiger partial charge in [0.15, 0.2) is 0 Å². The van der Waals surface area contributed by atoms with Gasteiger partial charge in [0.2, 0.25) is 0 Å². The third-order valence-corrected chi connectivity index (χ3v) is 1.51. The molecule has 0 N–H and O–H groups in total. The molecule has 0 radical (unpaired) electrons. The maximum atomic E-state index is 4.65. The van der Waals surface area contributed by atoms with E-state index < -0.39 is 0 Å². The van der Waals surface area contributed by atoms with Gasteiger partial charge >= 0.3 is 0 Å². The van der Waals surface area contributed by atoms with Crippen molar-refractivity contribution in [3.8, 4) is 0 Å². The Bertz CT molecular complexity index is 294. The lowest BCUT2D eigenvalue weighted by Gasteiger charge is -1.98. The number of pyridine rings is 1. The Kier molecular flexibility index (Phi) is 2.80. The summed E-state index contributed by atoms with van der Waals surface area (Å²) < 4.78 is 0. The lowest BCUT2D eigenvalue weighted by Crippen LogP contribution is -1.98. The number of aryl methyl sites for hydroxylation is 1. The second-order valence-corrected chi connectivity index (χ2v) is 2.58. The lowest BCUT2D eigenvalue weighted by molar-refractivity contribution is 0.213. The first-order valence-corrected chi connectivity index (χ1v) is 3.75.